The lowest BCUT2D eigenvalue weighted by Gasteiger charge is -2.37. The van der Waals surface area contributed by atoms with Crippen molar-refractivity contribution in [3.05, 3.63) is 81.4 Å². The van der Waals surface area contributed by atoms with Crippen LogP contribution in [0, 0.1) is 10.1 Å². The monoisotopic (exact) mass is 338 g/mol. The van der Waals surface area contributed by atoms with Crippen molar-refractivity contribution in [3.63, 3.8) is 0 Å². The van der Waals surface area contributed by atoms with Crippen LogP contribution in [0.3, 0.4) is 0 Å². The predicted molar refractivity (Wildman–Crippen MR) is 93.8 cm³/mol. The molecule has 1 aliphatic rings. The van der Waals surface area contributed by atoms with Crippen LogP contribution in [0.15, 0.2) is 54.6 Å². The van der Waals surface area contributed by atoms with Crippen LogP contribution < -0.4 is 5.32 Å². The number of fused-ring (bicyclic) bond motifs is 1. The Morgan fingerprint density at radius 2 is 1.92 bits per heavy atom. The average Bonchev–Trinajstić information content (AvgIpc) is 2.59. The Morgan fingerprint density at radius 3 is 2.56 bits per heavy atom. The second-order valence-corrected chi connectivity index (χ2v) is 6.18. The minimum absolute atomic E-state index is 0.0400. The van der Waals surface area contributed by atoms with Gasteiger partial charge in [-0.2, -0.15) is 0 Å². The molecule has 0 aromatic heterocycles. The number of carbonyl (C=O) groups excluding carboxylic acids is 1. The molecule has 0 saturated heterocycles. The molecule has 6 nitrogen and oxygen atoms in total. The van der Waals surface area contributed by atoms with E-state index in [4.69, 9.17) is 0 Å². The van der Waals surface area contributed by atoms with E-state index in [9.17, 15) is 20.0 Å². The summed E-state index contributed by atoms with van der Waals surface area (Å²) in [5, 5.41) is 24.8. The molecule has 128 valence electrons. The highest BCUT2D eigenvalue weighted by Crippen LogP contribution is 2.36. The highest BCUT2D eigenvalue weighted by atomic mass is 16.6. The lowest BCUT2D eigenvalue weighted by atomic mass is 9.78. The van der Waals surface area contributed by atoms with Gasteiger partial charge in [-0.1, -0.05) is 42.5 Å². The summed E-state index contributed by atoms with van der Waals surface area (Å²) in [5.41, 5.74) is 1.24. The van der Waals surface area contributed by atoms with Gasteiger partial charge in [-0.25, -0.2) is 0 Å². The van der Waals surface area contributed by atoms with Crippen LogP contribution in [0.2, 0.25) is 0 Å². The third kappa shape index (κ3) is 3.44. The Kier molecular flexibility index (Phi) is 4.37. The van der Waals surface area contributed by atoms with Crippen LogP contribution in [0.1, 0.15) is 29.7 Å². The fourth-order valence-corrected chi connectivity index (χ4v) is 3.14. The molecular formula is C19H18N2O4. The average molecular weight is 338 g/mol. The Labute approximate surface area is 145 Å². The number of nitrogens with zero attached hydrogens (tertiary/aromatic N) is 1. The van der Waals surface area contributed by atoms with E-state index in [-0.39, 0.29) is 11.6 Å². The number of nitro benzene ring substituents is 1. The Hall–Kier alpha value is -2.99. The van der Waals surface area contributed by atoms with Gasteiger partial charge < -0.3 is 10.4 Å². The number of aliphatic hydroxyl groups is 1. The van der Waals surface area contributed by atoms with Crippen molar-refractivity contribution < 1.29 is 14.8 Å². The molecule has 3 rings (SSSR count). The van der Waals surface area contributed by atoms with Crippen molar-refractivity contribution in [1.82, 2.24) is 5.32 Å². The molecule has 0 spiro atoms. The summed E-state index contributed by atoms with van der Waals surface area (Å²) in [6.45, 7) is 1.38. The third-order valence-electron chi connectivity index (χ3n) is 4.36. The van der Waals surface area contributed by atoms with E-state index in [1.165, 1.54) is 19.1 Å². The summed E-state index contributed by atoms with van der Waals surface area (Å²) in [6, 6.07) is 12.9. The summed E-state index contributed by atoms with van der Waals surface area (Å²) >= 11 is 0. The Morgan fingerprint density at radius 1 is 1.24 bits per heavy atom. The van der Waals surface area contributed by atoms with Gasteiger partial charge in [-0.15, -0.1) is 0 Å². The van der Waals surface area contributed by atoms with Crippen molar-refractivity contribution in [2.75, 3.05) is 0 Å². The topological polar surface area (TPSA) is 92.5 Å². The molecule has 2 aromatic carbocycles. The summed E-state index contributed by atoms with van der Waals surface area (Å²) < 4.78 is 0. The fraction of sp³-hybridized carbons (Fsp3) is 0.211. The zero-order chi connectivity index (χ0) is 18.0. The van der Waals surface area contributed by atoms with Crippen molar-refractivity contribution in [2.45, 2.75) is 25.0 Å². The number of benzene rings is 2. The van der Waals surface area contributed by atoms with Gasteiger partial charge >= 0.3 is 0 Å². The lowest BCUT2D eigenvalue weighted by Crippen LogP contribution is -2.46. The molecule has 0 saturated carbocycles. The van der Waals surface area contributed by atoms with Crippen LogP contribution in [-0.2, 0) is 11.2 Å². The van der Waals surface area contributed by atoms with Crippen LogP contribution in [0.25, 0.3) is 6.08 Å². The molecular weight excluding hydrogens is 320 g/mol. The largest absolute Gasteiger partial charge is 0.383 e. The fourth-order valence-electron chi connectivity index (χ4n) is 3.14. The van der Waals surface area contributed by atoms with E-state index in [2.05, 4.69) is 5.32 Å². The summed E-state index contributed by atoms with van der Waals surface area (Å²) in [4.78, 5) is 22.0. The molecule has 0 bridgehead atoms. The molecule has 2 aromatic rings. The van der Waals surface area contributed by atoms with E-state index >= 15 is 0 Å². The maximum Gasteiger partial charge on any atom is 0.269 e. The zero-order valence-electron chi connectivity index (χ0n) is 13.7. The van der Waals surface area contributed by atoms with Gasteiger partial charge in [0.05, 0.1) is 11.0 Å². The lowest BCUT2D eigenvalue weighted by molar-refractivity contribution is -0.384. The minimum atomic E-state index is -1.32. The number of nitrogens with one attached hydrogen (secondary N) is 1. The van der Waals surface area contributed by atoms with Crippen molar-refractivity contribution in [1.29, 1.82) is 0 Å². The number of hydrogen-bond donors (Lipinski definition) is 2. The number of non-ortho nitro benzene ring substituents is 1. The normalized spacial score (nSPS) is 19.8. The first-order valence-corrected chi connectivity index (χ1v) is 7.90. The molecule has 25 heavy (non-hydrogen) atoms. The first-order chi connectivity index (χ1) is 11.9. The molecule has 2 atom stereocenters. The van der Waals surface area contributed by atoms with Crippen LogP contribution in [0.5, 0.6) is 0 Å². The van der Waals surface area contributed by atoms with Gasteiger partial charge in [-0.05, 0) is 22.8 Å². The van der Waals surface area contributed by atoms with E-state index in [1.807, 2.05) is 30.3 Å². The van der Waals surface area contributed by atoms with E-state index in [0.29, 0.717) is 12.0 Å². The zero-order valence-corrected chi connectivity index (χ0v) is 13.7. The second kappa shape index (κ2) is 6.49. The quantitative estimate of drug-likeness (QED) is 0.662. The minimum Gasteiger partial charge on any atom is -0.383 e. The molecule has 0 aliphatic heterocycles. The van der Waals surface area contributed by atoms with Gasteiger partial charge in [0.1, 0.15) is 5.60 Å². The number of nitro groups is 1. The Balaban J connectivity index is 1.98. The number of carbonyl (C=O) groups is 1. The van der Waals surface area contributed by atoms with Crippen LogP contribution in [-0.4, -0.2) is 21.5 Å². The highest BCUT2D eigenvalue weighted by Gasteiger charge is 2.38. The molecule has 6 heteroatoms. The molecule has 1 aliphatic carbocycles. The van der Waals surface area contributed by atoms with Crippen molar-refractivity contribution in [2.24, 2.45) is 0 Å². The van der Waals surface area contributed by atoms with Gasteiger partial charge in [0.2, 0.25) is 5.91 Å². The SMILES string of the molecule is CC(=O)NC(c1ccc([N+](=O)[O-])cc1)C1(O)C=Cc2ccccc2C1. The third-order valence-corrected chi connectivity index (χ3v) is 4.36. The molecule has 1 amide bonds. The summed E-state index contributed by atoms with van der Waals surface area (Å²) in [7, 11) is 0. The smallest absolute Gasteiger partial charge is 0.269 e. The van der Waals surface area contributed by atoms with Crippen LogP contribution in [0.4, 0.5) is 5.69 Å². The van der Waals surface area contributed by atoms with Gasteiger partial charge in [0.15, 0.2) is 0 Å². The maximum atomic E-state index is 11.7. The van der Waals surface area contributed by atoms with Crippen molar-refractivity contribution >= 4 is 17.7 Å². The summed E-state index contributed by atoms with van der Waals surface area (Å²) in [6.07, 6.45) is 3.85. The summed E-state index contributed by atoms with van der Waals surface area (Å²) in [5.74, 6) is -0.288. The van der Waals surface area contributed by atoms with E-state index in [0.717, 1.165) is 11.1 Å². The van der Waals surface area contributed by atoms with Gasteiger partial charge in [-0.3, -0.25) is 14.9 Å². The number of amides is 1. The molecule has 0 heterocycles. The van der Waals surface area contributed by atoms with E-state index < -0.39 is 16.6 Å². The second-order valence-electron chi connectivity index (χ2n) is 6.18. The number of rotatable bonds is 4. The van der Waals surface area contributed by atoms with Crippen molar-refractivity contribution in [3.8, 4) is 0 Å². The van der Waals surface area contributed by atoms with Gasteiger partial charge in [0.25, 0.3) is 5.69 Å². The molecule has 2 unspecified atom stereocenters. The maximum absolute atomic E-state index is 11.7. The predicted octanol–water partition coefficient (Wildman–Crippen LogP) is 2.77. The van der Waals surface area contributed by atoms with E-state index in [1.54, 1.807) is 18.2 Å². The molecule has 2 N–H and O–H groups in total. The first-order valence-electron chi connectivity index (χ1n) is 7.90. The Bertz CT molecular complexity index is 845. The standard InChI is InChI=1S/C19H18N2O4/c1-13(22)20-18(15-6-8-17(9-7-15)21(24)25)19(23)11-10-14-4-2-3-5-16(14)12-19/h2-11,18,23H,12H2,1H3,(H,20,22). The number of hydrogen-bond acceptors (Lipinski definition) is 4. The molecule has 0 fully saturated rings. The highest BCUT2D eigenvalue weighted by molar-refractivity contribution is 5.74. The molecule has 0 radical (unpaired) electrons. The van der Waals surface area contributed by atoms with Crippen LogP contribution >= 0.6 is 0 Å². The van der Waals surface area contributed by atoms with Gasteiger partial charge in [0, 0.05) is 25.5 Å². The first kappa shape index (κ1) is 16.9.